The Labute approximate surface area is 113 Å². The van der Waals surface area contributed by atoms with E-state index in [9.17, 15) is 4.79 Å². The number of anilines is 1. The molecule has 0 atom stereocenters. The van der Waals surface area contributed by atoms with E-state index >= 15 is 0 Å². The maximum atomic E-state index is 12.1. The number of ether oxygens (including phenoxy) is 1. The minimum atomic E-state index is -0.155. The molecule has 0 aromatic heterocycles. The molecule has 100 valence electrons. The average Bonchev–Trinajstić information content (AvgIpc) is 3.22. The number of amides is 2. The van der Waals surface area contributed by atoms with Gasteiger partial charge in [-0.3, -0.25) is 0 Å². The lowest BCUT2D eigenvalue weighted by atomic mass is 10.3. The lowest BCUT2D eigenvalue weighted by Crippen LogP contribution is -2.36. The third-order valence-electron chi connectivity index (χ3n) is 3.07. The minimum Gasteiger partial charge on any atom is -0.497 e. The van der Waals surface area contributed by atoms with Crippen LogP contribution in [-0.4, -0.2) is 31.1 Å². The Kier molecular flexibility index (Phi) is 4.30. The van der Waals surface area contributed by atoms with Crippen molar-refractivity contribution in [2.24, 2.45) is 5.92 Å². The summed E-state index contributed by atoms with van der Waals surface area (Å²) in [7, 11) is 1.60. The van der Waals surface area contributed by atoms with Crippen LogP contribution in [0.1, 0.15) is 12.8 Å². The van der Waals surface area contributed by atoms with E-state index in [1.807, 2.05) is 18.2 Å². The van der Waals surface area contributed by atoms with Gasteiger partial charge in [0.2, 0.25) is 0 Å². The fraction of sp³-hybridized carbons (Fsp3) is 0.400. The first-order chi connectivity index (χ1) is 9.22. The molecule has 0 radical (unpaired) electrons. The number of rotatable bonds is 5. The predicted octanol–water partition coefficient (Wildman–Crippen LogP) is 2.57. The standard InChI is InChI=1S/C15H18N2O2/c1-3-9-17(11-12-7-8-12)15(18)16-13-5-4-6-14(10-13)19-2/h1,4-6,10,12H,7-9,11H2,2H3,(H,16,18). The molecule has 1 aliphatic carbocycles. The zero-order chi connectivity index (χ0) is 13.7. The molecule has 1 fully saturated rings. The van der Waals surface area contributed by atoms with E-state index in [4.69, 9.17) is 11.2 Å². The Bertz CT molecular complexity index is 489. The Hall–Kier alpha value is -2.15. The van der Waals surface area contributed by atoms with Crippen LogP contribution in [-0.2, 0) is 0 Å². The summed E-state index contributed by atoms with van der Waals surface area (Å²) in [6, 6.07) is 7.12. The van der Waals surface area contributed by atoms with Crippen LogP contribution in [0.2, 0.25) is 0 Å². The van der Waals surface area contributed by atoms with E-state index in [1.54, 1.807) is 18.1 Å². The van der Waals surface area contributed by atoms with E-state index in [0.29, 0.717) is 23.9 Å². The molecule has 0 bridgehead atoms. The highest BCUT2D eigenvalue weighted by molar-refractivity contribution is 5.89. The molecule has 4 nitrogen and oxygen atoms in total. The van der Waals surface area contributed by atoms with E-state index in [1.165, 1.54) is 12.8 Å². The monoisotopic (exact) mass is 258 g/mol. The second-order valence-corrected chi connectivity index (χ2v) is 4.69. The lowest BCUT2D eigenvalue weighted by molar-refractivity contribution is 0.216. The molecular formula is C15H18N2O2. The van der Waals surface area contributed by atoms with Gasteiger partial charge in [-0.1, -0.05) is 12.0 Å². The Balaban J connectivity index is 1.98. The SMILES string of the molecule is C#CCN(CC1CC1)C(=O)Nc1cccc(OC)c1. The second-order valence-electron chi connectivity index (χ2n) is 4.69. The number of benzene rings is 1. The van der Waals surface area contributed by atoms with Crippen molar-refractivity contribution < 1.29 is 9.53 Å². The van der Waals surface area contributed by atoms with Gasteiger partial charge < -0.3 is 15.0 Å². The molecular weight excluding hydrogens is 240 g/mol. The smallest absolute Gasteiger partial charge is 0.322 e. The Morgan fingerprint density at radius 1 is 1.58 bits per heavy atom. The van der Waals surface area contributed by atoms with E-state index in [-0.39, 0.29) is 6.03 Å². The maximum Gasteiger partial charge on any atom is 0.322 e. The van der Waals surface area contributed by atoms with Gasteiger partial charge in [-0.2, -0.15) is 0 Å². The molecule has 0 saturated heterocycles. The van der Waals surface area contributed by atoms with Crippen molar-refractivity contribution in [3.8, 4) is 18.1 Å². The Morgan fingerprint density at radius 3 is 3.00 bits per heavy atom. The number of carbonyl (C=O) groups excluding carboxylic acids is 1. The van der Waals surface area contributed by atoms with Crippen LogP contribution in [0.25, 0.3) is 0 Å². The first-order valence-electron chi connectivity index (χ1n) is 6.36. The molecule has 1 aromatic carbocycles. The zero-order valence-corrected chi connectivity index (χ0v) is 11.1. The molecule has 0 aliphatic heterocycles. The Morgan fingerprint density at radius 2 is 2.37 bits per heavy atom. The second kappa shape index (κ2) is 6.14. The molecule has 1 aromatic rings. The number of carbonyl (C=O) groups is 1. The minimum absolute atomic E-state index is 0.155. The highest BCUT2D eigenvalue weighted by Gasteiger charge is 2.26. The summed E-state index contributed by atoms with van der Waals surface area (Å²) in [4.78, 5) is 13.8. The summed E-state index contributed by atoms with van der Waals surface area (Å²) < 4.78 is 5.12. The van der Waals surface area contributed by atoms with Crippen molar-refractivity contribution in [3.05, 3.63) is 24.3 Å². The van der Waals surface area contributed by atoms with Gasteiger partial charge in [0.25, 0.3) is 0 Å². The summed E-state index contributed by atoms with van der Waals surface area (Å²) in [5, 5.41) is 2.85. The van der Waals surface area contributed by atoms with Gasteiger partial charge in [0.15, 0.2) is 0 Å². The number of terminal acetylenes is 1. The van der Waals surface area contributed by atoms with Crippen molar-refractivity contribution in [1.82, 2.24) is 4.90 Å². The fourth-order valence-corrected chi connectivity index (χ4v) is 1.84. The predicted molar refractivity (Wildman–Crippen MR) is 75.1 cm³/mol. The van der Waals surface area contributed by atoms with Crippen LogP contribution in [0.3, 0.4) is 0 Å². The highest BCUT2D eigenvalue weighted by Crippen LogP contribution is 2.29. The van der Waals surface area contributed by atoms with Gasteiger partial charge in [0.05, 0.1) is 13.7 Å². The summed E-state index contributed by atoms with van der Waals surface area (Å²) in [5.74, 6) is 3.86. The molecule has 2 rings (SSSR count). The molecule has 0 spiro atoms. The summed E-state index contributed by atoms with van der Waals surface area (Å²) in [5.41, 5.74) is 0.710. The molecule has 1 N–H and O–H groups in total. The summed E-state index contributed by atoms with van der Waals surface area (Å²) in [6.07, 6.45) is 7.69. The number of nitrogens with one attached hydrogen (secondary N) is 1. The zero-order valence-electron chi connectivity index (χ0n) is 11.1. The number of urea groups is 1. The molecule has 2 amide bonds. The van der Waals surface area contributed by atoms with E-state index < -0.39 is 0 Å². The first kappa shape index (κ1) is 13.3. The van der Waals surface area contributed by atoms with Gasteiger partial charge >= 0.3 is 6.03 Å². The van der Waals surface area contributed by atoms with Gasteiger partial charge in [-0.15, -0.1) is 6.42 Å². The van der Waals surface area contributed by atoms with Gasteiger partial charge in [0, 0.05) is 18.3 Å². The van der Waals surface area contributed by atoms with Crippen LogP contribution in [0, 0.1) is 18.3 Å². The number of hydrogen-bond acceptors (Lipinski definition) is 2. The normalized spacial score (nSPS) is 13.5. The molecule has 1 saturated carbocycles. The van der Waals surface area contributed by atoms with Gasteiger partial charge in [0.1, 0.15) is 5.75 Å². The quantitative estimate of drug-likeness (QED) is 0.825. The number of methoxy groups -OCH3 is 1. The number of hydrogen-bond donors (Lipinski definition) is 1. The van der Waals surface area contributed by atoms with E-state index in [0.717, 1.165) is 6.54 Å². The van der Waals surface area contributed by atoms with Crippen LogP contribution in [0.5, 0.6) is 5.75 Å². The third kappa shape index (κ3) is 3.92. The van der Waals surface area contributed by atoms with Crippen LogP contribution >= 0.6 is 0 Å². The van der Waals surface area contributed by atoms with Gasteiger partial charge in [-0.25, -0.2) is 4.79 Å². The highest BCUT2D eigenvalue weighted by atomic mass is 16.5. The van der Waals surface area contributed by atoms with E-state index in [2.05, 4.69) is 11.2 Å². The largest absolute Gasteiger partial charge is 0.497 e. The van der Waals surface area contributed by atoms with Gasteiger partial charge in [-0.05, 0) is 30.9 Å². The van der Waals surface area contributed by atoms with Crippen molar-refractivity contribution >= 4 is 11.7 Å². The molecule has 4 heteroatoms. The number of nitrogens with zero attached hydrogens (tertiary/aromatic N) is 1. The molecule has 19 heavy (non-hydrogen) atoms. The summed E-state index contributed by atoms with van der Waals surface area (Å²) in [6.45, 7) is 1.08. The van der Waals surface area contributed by atoms with Crippen LogP contribution in [0.4, 0.5) is 10.5 Å². The van der Waals surface area contributed by atoms with Crippen LogP contribution in [0.15, 0.2) is 24.3 Å². The van der Waals surface area contributed by atoms with Crippen LogP contribution < -0.4 is 10.1 Å². The topological polar surface area (TPSA) is 41.6 Å². The van der Waals surface area contributed by atoms with Crippen molar-refractivity contribution in [2.75, 3.05) is 25.5 Å². The fourth-order valence-electron chi connectivity index (χ4n) is 1.84. The average molecular weight is 258 g/mol. The summed E-state index contributed by atoms with van der Waals surface area (Å²) >= 11 is 0. The van der Waals surface area contributed by atoms with Crippen molar-refractivity contribution in [2.45, 2.75) is 12.8 Å². The molecule has 1 aliphatic rings. The maximum absolute atomic E-state index is 12.1. The molecule has 0 heterocycles. The first-order valence-corrected chi connectivity index (χ1v) is 6.36. The van der Waals surface area contributed by atoms with Crippen molar-refractivity contribution in [3.63, 3.8) is 0 Å². The molecule has 0 unspecified atom stereocenters. The lowest BCUT2D eigenvalue weighted by Gasteiger charge is -2.20. The third-order valence-corrected chi connectivity index (χ3v) is 3.07. The van der Waals surface area contributed by atoms with Crippen molar-refractivity contribution in [1.29, 1.82) is 0 Å².